The smallest absolute Gasteiger partial charge is 0.282 e. The number of benzene rings is 1. The summed E-state index contributed by atoms with van der Waals surface area (Å²) in [7, 11) is 1.88. The Morgan fingerprint density at radius 3 is 2.50 bits per heavy atom. The number of piperazine rings is 1. The van der Waals surface area contributed by atoms with Crippen LogP contribution in [-0.4, -0.2) is 53.0 Å². The molecule has 0 saturated carbocycles. The summed E-state index contributed by atoms with van der Waals surface area (Å²) in [5.41, 5.74) is 3.48. The minimum atomic E-state index is -0.138. The molecule has 1 fully saturated rings. The Labute approximate surface area is 154 Å². The van der Waals surface area contributed by atoms with E-state index >= 15 is 0 Å². The number of hydrogen-bond acceptors (Lipinski definition) is 4. The third kappa shape index (κ3) is 3.53. The highest BCUT2D eigenvalue weighted by atomic mass is 16.3. The third-order valence-electron chi connectivity index (χ3n) is 5.39. The Morgan fingerprint density at radius 1 is 1.27 bits per heavy atom. The van der Waals surface area contributed by atoms with Gasteiger partial charge in [0, 0.05) is 7.05 Å². The first-order valence-electron chi connectivity index (χ1n) is 9.07. The van der Waals surface area contributed by atoms with Crippen molar-refractivity contribution in [2.24, 2.45) is 7.05 Å². The number of aromatic nitrogens is 2. The van der Waals surface area contributed by atoms with Crippen LogP contribution in [0, 0.1) is 13.8 Å². The molecule has 0 bridgehead atoms. The number of nitrogens with one attached hydrogen (secondary N) is 2. The molecule has 140 valence electrons. The normalized spacial score (nSPS) is 16.5. The van der Waals surface area contributed by atoms with Crippen molar-refractivity contribution in [1.29, 1.82) is 0 Å². The SMILES string of the molecule is Cc1nn(C)c(C)c1NC(=O)[C@H](C)[NH+]1CCN(c2ccccc2O)CC1. The monoisotopic (exact) mass is 358 g/mol. The van der Waals surface area contributed by atoms with Crippen LogP contribution in [0.5, 0.6) is 5.75 Å². The van der Waals surface area contributed by atoms with Gasteiger partial charge in [-0.25, -0.2) is 0 Å². The number of carbonyl (C=O) groups excluding carboxylic acids is 1. The lowest BCUT2D eigenvalue weighted by Gasteiger charge is -2.36. The van der Waals surface area contributed by atoms with Gasteiger partial charge in [0.1, 0.15) is 5.75 Å². The lowest BCUT2D eigenvalue weighted by molar-refractivity contribution is -0.914. The highest BCUT2D eigenvalue weighted by Crippen LogP contribution is 2.26. The molecule has 3 N–H and O–H groups in total. The molecule has 0 aliphatic carbocycles. The van der Waals surface area contributed by atoms with Gasteiger partial charge in [-0.3, -0.25) is 9.48 Å². The van der Waals surface area contributed by atoms with Crippen molar-refractivity contribution < 1.29 is 14.8 Å². The van der Waals surface area contributed by atoms with E-state index in [9.17, 15) is 9.90 Å². The Balaban J connectivity index is 1.60. The van der Waals surface area contributed by atoms with Gasteiger partial charge in [0.2, 0.25) is 0 Å². The van der Waals surface area contributed by atoms with Crippen molar-refractivity contribution >= 4 is 17.3 Å². The minimum Gasteiger partial charge on any atom is -0.506 e. The number of amides is 1. The molecule has 1 aliphatic rings. The van der Waals surface area contributed by atoms with Crippen molar-refractivity contribution in [2.45, 2.75) is 26.8 Å². The molecule has 1 saturated heterocycles. The van der Waals surface area contributed by atoms with Crippen LogP contribution < -0.4 is 15.1 Å². The average Bonchev–Trinajstić information content (AvgIpc) is 2.88. The Kier molecular flexibility index (Phi) is 5.18. The van der Waals surface area contributed by atoms with Crippen molar-refractivity contribution in [3.63, 3.8) is 0 Å². The standard InChI is InChI=1S/C19H27N5O2/c1-13-18(14(2)22(4)21-13)20-19(26)15(3)23-9-11-24(12-10-23)16-7-5-6-8-17(16)25/h5-8,15,25H,9-12H2,1-4H3,(H,20,26)/p+1/t15-/m0/s1. The average molecular weight is 358 g/mol. The van der Waals surface area contributed by atoms with E-state index in [0.717, 1.165) is 48.9 Å². The Hall–Kier alpha value is -2.54. The highest BCUT2D eigenvalue weighted by Gasteiger charge is 2.30. The molecule has 1 atom stereocenters. The summed E-state index contributed by atoms with van der Waals surface area (Å²) in [6.07, 6.45) is 0. The largest absolute Gasteiger partial charge is 0.506 e. The fourth-order valence-corrected chi connectivity index (χ4v) is 3.57. The Morgan fingerprint density at radius 2 is 1.92 bits per heavy atom. The number of rotatable bonds is 4. The molecule has 2 aromatic rings. The molecular weight excluding hydrogens is 330 g/mol. The van der Waals surface area contributed by atoms with Crippen molar-refractivity contribution in [3.05, 3.63) is 35.7 Å². The number of anilines is 2. The molecular formula is C19H28N5O2+. The van der Waals surface area contributed by atoms with Crippen molar-refractivity contribution in [2.75, 3.05) is 36.4 Å². The van der Waals surface area contributed by atoms with E-state index in [0.29, 0.717) is 5.75 Å². The van der Waals surface area contributed by atoms with E-state index in [1.54, 1.807) is 10.7 Å². The number of phenols is 1. The van der Waals surface area contributed by atoms with Crippen LogP contribution in [0.3, 0.4) is 0 Å². The predicted molar refractivity (Wildman–Crippen MR) is 102 cm³/mol. The van der Waals surface area contributed by atoms with E-state index in [4.69, 9.17) is 0 Å². The van der Waals surface area contributed by atoms with E-state index < -0.39 is 0 Å². The summed E-state index contributed by atoms with van der Waals surface area (Å²) < 4.78 is 1.79. The van der Waals surface area contributed by atoms with Gasteiger partial charge < -0.3 is 20.2 Å². The van der Waals surface area contributed by atoms with E-state index in [-0.39, 0.29) is 11.9 Å². The van der Waals surface area contributed by atoms with Gasteiger partial charge >= 0.3 is 0 Å². The zero-order valence-electron chi connectivity index (χ0n) is 15.9. The van der Waals surface area contributed by atoms with E-state index in [2.05, 4.69) is 15.3 Å². The summed E-state index contributed by atoms with van der Waals surface area (Å²) >= 11 is 0. The van der Waals surface area contributed by atoms with Crippen LogP contribution in [-0.2, 0) is 11.8 Å². The molecule has 0 radical (unpaired) electrons. The maximum atomic E-state index is 12.7. The molecule has 1 amide bonds. The van der Waals surface area contributed by atoms with Gasteiger partial charge in [-0.1, -0.05) is 12.1 Å². The molecule has 1 aromatic heterocycles. The summed E-state index contributed by atoms with van der Waals surface area (Å²) in [5.74, 6) is 0.333. The molecule has 3 rings (SSSR count). The number of nitrogens with zero attached hydrogens (tertiary/aromatic N) is 3. The fraction of sp³-hybridized carbons (Fsp3) is 0.474. The van der Waals surface area contributed by atoms with Crippen LogP contribution in [0.4, 0.5) is 11.4 Å². The lowest BCUT2D eigenvalue weighted by atomic mass is 10.2. The number of quaternary nitrogens is 1. The topological polar surface area (TPSA) is 74.8 Å². The second kappa shape index (κ2) is 7.37. The maximum Gasteiger partial charge on any atom is 0.282 e. The number of hydrogen-bond donors (Lipinski definition) is 3. The third-order valence-corrected chi connectivity index (χ3v) is 5.39. The number of para-hydroxylation sites is 2. The molecule has 7 nitrogen and oxygen atoms in total. The summed E-state index contributed by atoms with van der Waals surface area (Å²) in [4.78, 5) is 16.1. The minimum absolute atomic E-state index is 0.0233. The van der Waals surface area contributed by atoms with Crippen LogP contribution in [0.15, 0.2) is 24.3 Å². The van der Waals surface area contributed by atoms with Crippen LogP contribution >= 0.6 is 0 Å². The molecule has 1 aromatic carbocycles. The van der Waals surface area contributed by atoms with Gasteiger partial charge in [0.15, 0.2) is 6.04 Å². The van der Waals surface area contributed by atoms with Gasteiger partial charge in [-0.05, 0) is 32.9 Å². The number of aromatic hydroxyl groups is 1. The molecule has 0 spiro atoms. The maximum absolute atomic E-state index is 12.7. The summed E-state index contributed by atoms with van der Waals surface area (Å²) in [6.45, 7) is 9.18. The first kappa shape index (κ1) is 18.3. The van der Waals surface area contributed by atoms with Crippen LogP contribution in [0.1, 0.15) is 18.3 Å². The Bertz CT molecular complexity index is 793. The van der Waals surface area contributed by atoms with Crippen molar-refractivity contribution in [1.82, 2.24) is 9.78 Å². The first-order valence-corrected chi connectivity index (χ1v) is 9.07. The molecule has 0 unspecified atom stereocenters. The van der Waals surface area contributed by atoms with E-state index in [1.807, 2.05) is 46.0 Å². The first-order chi connectivity index (χ1) is 12.4. The fourth-order valence-electron chi connectivity index (χ4n) is 3.57. The van der Waals surface area contributed by atoms with Crippen LogP contribution in [0.25, 0.3) is 0 Å². The van der Waals surface area contributed by atoms with Crippen molar-refractivity contribution in [3.8, 4) is 5.75 Å². The zero-order chi connectivity index (χ0) is 18.8. The molecule has 1 aliphatic heterocycles. The highest BCUT2D eigenvalue weighted by molar-refractivity contribution is 5.94. The quantitative estimate of drug-likeness (QED) is 0.743. The zero-order valence-corrected chi connectivity index (χ0v) is 15.9. The number of carbonyl (C=O) groups is 1. The predicted octanol–water partition coefficient (Wildman–Crippen LogP) is 0.475. The molecule has 7 heteroatoms. The number of phenolic OH excluding ortho intramolecular Hbond substituents is 1. The number of aryl methyl sites for hydroxylation is 2. The van der Waals surface area contributed by atoms with Gasteiger partial charge in [-0.15, -0.1) is 0 Å². The second-order valence-corrected chi connectivity index (χ2v) is 7.01. The summed E-state index contributed by atoms with van der Waals surface area (Å²) in [5, 5.41) is 17.4. The summed E-state index contributed by atoms with van der Waals surface area (Å²) in [6, 6.07) is 7.27. The van der Waals surface area contributed by atoms with Crippen LogP contribution in [0.2, 0.25) is 0 Å². The van der Waals surface area contributed by atoms with Gasteiger partial charge in [0.05, 0.1) is 48.9 Å². The van der Waals surface area contributed by atoms with Gasteiger partial charge in [-0.2, -0.15) is 5.10 Å². The molecule has 2 heterocycles. The lowest BCUT2D eigenvalue weighted by Crippen LogP contribution is -3.19. The van der Waals surface area contributed by atoms with E-state index in [1.165, 1.54) is 4.90 Å². The molecule has 26 heavy (non-hydrogen) atoms. The van der Waals surface area contributed by atoms with Gasteiger partial charge in [0.25, 0.3) is 5.91 Å². The second-order valence-electron chi connectivity index (χ2n) is 7.01.